The Morgan fingerprint density at radius 1 is 0.897 bits per heavy atom. The molecule has 0 unspecified atom stereocenters. The van der Waals surface area contributed by atoms with E-state index in [4.69, 9.17) is 33.2 Å². The Balaban J connectivity index is 4.01. The van der Waals surface area contributed by atoms with E-state index in [0.717, 1.165) is 48.7 Å². The van der Waals surface area contributed by atoms with Crippen LogP contribution in [-0.2, 0) is 66.7 Å². The Morgan fingerprint density at radius 3 is 1.90 bits per heavy atom. The predicted octanol–water partition coefficient (Wildman–Crippen LogP) is -0.536. The molecule has 1 aliphatic rings. The van der Waals surface area contributed by atoms with Crippen molar-refractivity contribution in [2.75, 3.05) is 13.7 Å². The van der Waals surface area contributed by atoms with Crippen LogP contribution in [0.3, 0.4) is 0 Å². The maximum Gasteiger partial charge on any atom is 0.379 e. The van der Waals surface area contributed by atoms with Gasteiger partial charge in [0.2, 0.25) is 5.91 Å². The maximum absolute atomic E-state index is 12.9. The van der Waals surface area contributed by atoms with Crippen LogP contribution in [-0.4, -0.2) is 96.7 Å². The molecule has 1 fully saturated rings. The van der Waals surface area contributed by atoms with Gasteiger partial charge in [0, 0.05) is 41.5 Å². The minimum absolute atomic E-state index is 0.278. The highest BCUT2D eigenvalue weighted by Crippen LogP contribution is 2.39. The summed E-state index contributed by atoms with van der Waals surface area (Å²) in [6.07, 6.45) is -8.05. The minimum atomic E-state index is -2.69. The second-order valence-electron chi connectivity index (χ2n) is 8.23. The van der Waals surface area contributed by atoms with E-state index in [0.29, 0.717) is 0 Å². The van der Waals surface area contributed by atoms with Crippen LogP contribution in [0.2, 0.25) is 0 Å². The number of nitrogens with zero attached hydrogens (tertiary/aromatic N) is 2. The quantitative estimate of drug-likeness (QED) is 0.134. The van der Waals surface area contributed by atoms with Gasteiger partial charge in [-0.25, -0.2) is 4.79 Å². The van der Waals surface area contributed by atoms with E-state index < -0.39 is 91.0 Å². The van der Waals surface area contributed by atoms with Crippen LogP contribution in [0.15, 0.2) is 5.29 Å². The minimum Gasteiger partial charge on any atom is -0.464 e. The van der Waals surface area contributed by atoms with Crippen LogP contribution in [0.4, 0.5) is 0 Å². The smallest absolute Gasteiger partial charge is 0.379 e. The molecule has 0 aromatic carbocycles. The largest absolute Gasteiger partial charge is 0.464 e. The van der Waals surface area contributed by atoms with Crippen molar-refractivity contribution in [1.82, 2.24) is 5.01 Å². The summed E-state index contributed by atoms with van der Waals surface area (Å²) in [5, 5.41) is 2.93. The van der Waals surface area contributed by atoms with E-state index in [-0.39, 0.29) is 5.01 Å². The Labute approximate surface area is 222 Å². The summed E-state index contributed by atoms with van der Waals surface area (Å²) in [5.41, 5.74) is 0. The number of hydrogen-bond acceptors (Lipinski definition) is 16. The first kappa shape index (κ1) is 32.9. The van der Waals surface area contributed by atoms with Crippen molar-refractivity contribution in [2.24, 2.45) is 5.29 Å². The number of amides is 1. The van der Waals surface area contributed by atoms with Gasteiger partial charge in [0.1, 0.15) is 24.9 Å². The lowest BCUT2D eigenvalue weighted by atomic mass is 9.87. The molecule has 0 aromatic rings. The standard InChI is InChI=1S/C22H30N2O15/c1-10(25)24(23-32)18-16(35-12(3)27)8-22(21(31)33-7,38-15(6)30)39-20(18)19(37-14(5)29)17(36-13(4)28)9-34-11(2)26/h16-20H,8-9H2,1-7H3/t16-,17+,18+,19+,20+,22-/m0/s1. The molecule has 0 bridgehead atoms. The number of esters is 6. The van der Waals surface area contributed by atoms with Crippen molar-refractivity contribution in [3.63, 3.8) is 0 Å². The third-order valence-electron chi connectivity index (χ3n) is 5.09. The van der Waals surface area contributed by atoms with E-state index in [9.17, 15) is 38.5 Å². The molecule has 1 rings (SSSR count). The van der Waals surface area contributed by atoms with Gasteiger partial charge >= 0.3 is 41.6 Å². The molecule has 1 amide bonds. The van der Waals surface area contributed by atoms with E-state index in [1.165, 1.54) is 0 Å². The Morgan fingerprint density at radius 2 is 1.49 bits per heavy atom. The van der Waals surface area contributed by atoms with Crippen molar-refractivity contribution in [3.8, 4) is 0 Å². The van der Waals surface area contributed by atoms with Gasteiger partial charge < -0.3 is 33.2 Å². The van der Waals surface area contributed by atoms with Gasteiger partial charge in [-0.05, 0) is 0 Å². The third-order valence-corrected chi connectivity index (χ3v) is 5.09. The van der Waals surface area contributed by atoms with Crippen molar-refractivity contribution in [3.05, 3.63) is 4.91 Å². The number of carbonyl (C=O) groups excluding carboxylic acids is 7. The first-order chi connectivity index (χ1) is 18.1. The number of hydrogen-bond donors (Lipinski definition) is 0. The van der Waals surface area contributed by atoms with Crippen LogP contribution < -0.4 is 0 Å². The molecule has 218 valence electrons. The molecular weight excluding hydrogens is 532 g/mol. The van der Waals surface area contributed by atoms with Gasteiger partial charge in [0.05, 0.1) is 18.8 Å². The van der Waals surface area contributed by atoms with Crippen LogP contribution in [0, 0.1) is 4.91 Å². The Hall–Kier alpha value is -4.15. The second kappa shape index (κ2) is 14.1. The van der Waals surface area contributed by atoms with Gasteiger partial charge in [0.15, 0.2) is 12.2 Å². The Kier molecular flexibility index (Phi) is 11.9. The highest BCUT2D eigenvalue weighted by Gasteiger charge is 2.62. The number of nitroso groups, excluding NO2 is 1. The van der Waals surface area contributed by atoms with Gasteiger partial charge in [-0.15, -0.1) is 4.91 Å². The molecule has 17 nitrogen and oxygen atoms in total. The zero-order chi connectivity index (χ0) is 30.1. The van der Waals surface area contributed by atoms with Crippen LogP contribution >= 0.6 is 0 Å². The van der Waals surface area contributed by atoms with Gasteiger partial charge in [-0.1, -0.05) is 0 Å². The van der Waals surface area contributed by atoms with Crippen molar-refractivity contribution in [1.29, 1.82) is 0 Å². The second-order valence-corrected chi connectivity index (χ2v) is 8.23. The molecule has 17 heteroatoms. The Bertz CT molecular complexity index is 998. The van der Waals surface area contributed by atoms with E-state index >= 15 is 0 Å². The summed E-state index contributed by atoms with van der Waals surface area (Å²) in [6.45, 7) is 4.98. The molecule has 1 aliphatic heterocycles. The number of ether oxygens (including phenoxy) is 7. The zero-order valence-corrected chi connectivity index (χ0v) is 22.3. The molecule has 0 saturated carbocycles. The molecule has 0 N–H and O–H groups in total. The maximum atomic E-state index is 12.9. The lowest BCUT2D eigenvalue weighted by Crippen LogP contribution is -2.69. The fraction of sp³-hybridized carbons (Fsp3) is 0.682. The predicted molar refractivity (Wildman–Crippen MR) is 121 cm³/mol. The summed E-state index contributed by atoms with van der Waals surface area (Å²) in [5.74, 6) is -9.88. The monoisotopic (exact) mass is 562 g/mol. The molecule has 1 heterocycles. The van der Waals surface area contributed by atoms with Gasteiger partial charge in [-0.3, -0.25) is 28.8 Å². The van der Waals surface area contributed by atoms with Gasteiger partial charge in [0.25, 0.3) is 0 Å². The number of rotatable bonds is 11. The normalized spacial score (nSPS) is 23.6. The lowest BCUT2D eigenvalue weighted by molar-refractivity contribution is -0.311. The average Bonchev–Trinajstić information content (AvgIpc) is 2.79. The van der Waals surface area contributed by atoms with Crippen molar-refractivity contribution in [2.45, 2.75) is 84.2 Å². The molecule has 0 aliphatic carbocycles. The fourth-order valence-electron chi connectivity index (χ4n) is 3.92. The number of methoxy groups -OCH3 is 1. The average molecular weight is 562 g/mol. The van der Waals surface area contributed by atoms with Crippen LogP contribution in [0.1, 0.15) is 48.0 Å². The first-order valence-electron chi connectivity index (χ1n) is 11.3. The van der Waals surface area contributed by atoms with Crippen molar-refractivity contribution >= 4 is 41.7 Å². The zero-order valence-electron chi connectivity index (χ0n) is 22.3. The highest BCUT2D eigenvalue weighted by atomic mass is 16.8. The van der Waals surface area contributed by atoms with E-state index in [2.05, 4.69) is 5.29 Å². The van der Waals surface area contributed by atoms with Gasteiger partial charge in [-0.2, -0.15) is 5.01 Å². The third kappa shape index (κ3) is 8.98. The molecule has 0 spiro atoms. The topological polar surface area (TPSA) is 217 Å². The number of carbonyl (C=O) groups is 7. The summed E-state index contributed by atoms with van der Waals surface area (Å²) >= 11 is 0. The van der Waals surface area contributed by atoms with Crippen LogP contribution in [0.5, 0.6) is 0 Å². The summed E-state index contributed by atoms with van der Waals surface area (Å²) in [6, 6.07) is -1.77. The molecule has 0 radical (unpaired) electrons. The van der Waals surface area contributed by atoms with Crippen LogP contribution in [0.25, 0.3) is 0 Å². The molecule has 39 heavy (non-hydrogen) atoms. The van der Waals surface area contributed by atoms with E-state index in [1.807, 2.05) is 0 Å². The summed E-state index contributed by atoms with van der Waals surface area (Å²) in [4.78, 5) is 96.6. The SMILES string of the molecule is COC(=O)[C@]1(OC(C)=O)C[C@H](OC(C)=O)[C@@H](N(N=O)C(C)=O)[C@H]([C@H](OC(C)=O)[C@@H](COC(C)=O)OC(C)=O)O1. The molecule has 0 aromatic heterocycles. The first-order valence-corrected chi connectivity index (χ1v) is 11.3. The highest BCUT2D eigenvalue weighted by molar-refractivity contribution is 5.82. The summed E-state index contributed by atoms with van der Waals surface area (Å²) < 4.78 is 36.3. The summed E-state index contributed by atoms with van der Waals surface area (Å²) in [7, 11) is 0.916. The lowest BCUT2D eigenvalue weighted by Gasteiger charge is -2.48. The molecule has 1 saturated heterocycles. The van der Waals surface area contributed by atoms with Crippen molar-refractivity contribution < 1.29 is 66.7 Å². The molecule has 6 atom stereocenters. The fourth-order valence-corrected chi connectivity index (χ4v) is 3.92. The van der Waals surface area contributed by atoms with E-state index in [1.54, 1.807) is 0 Å². The molecular formula is C22H30N2O15.